The summed E-state index contributed by atoms with van der Waals surface area (Å²) in [6.45, 7) is 0.395. The summed E-state index contributed by atoms with van der Waals surface area (Å²) < 4.78 is 27.1. The maximum absolute atomic E-state index is 12.0. The molecule has 0 aliphatic rings. The Morgan fingerprint density at radius 2 is 1.94 bits per heavy atom. The van der Waals surface area contributed by atoms with Crippen LogP contribution in [0.25, 0.3) is 11.0 Å². The zero-order valence-corrected chi connectivity index (χ0v) is 18.4. The van der Waals surface area contributed by atoms with Gasteiger partial charge in [-0.25, -0.2) is 18.4 Å². The number of hydrogen-bond donors (Lipinski definition) is 1. The molecular weight excluding hydrogens is 426 g/mol. The van der Waals surface area contributed by atoms with Crippen molar-refractivity contribution in [3.05, 3.63) is 72.2 Å². The monoisotopic (exact) mass is 447 g/mol. The van der Waals surface area contributed by atoms with Crippen molar-refractivity contribution in [1.29, 1.82) is 5.26 Å². The second kappa shape index (κ2) is 8.64. The van der Waals surface area contributed by atoms with Gasteiger partial charge in [0.1, 0.15) is 11.5 Å². The van der Waals surface area contributed by atoms with Crippen molar-refractivity contribution in [2.45, 2.75) is 13.0 Å². The van der Waals surface area contributed by atoms with Gasteiger partial charge in [-0.2, -0.15) is 10.2 Å². The molecule has 1 N–H and O–H groups in total. The molecule has 32 heavy (non-hydrogen) atoms. The molecule has 0 spiro atoms. The lowest BCUT2D eigenvalue weighted by atomic mass is 10.1. The third-order valence-electron chi connectivity index (χ3n) is 5.00. The highest BCUT2D eigenvalue weighted by atomic mass is 32.2. The number of benzene rings is 1. The molecule has 0 fully saturated rings. The van der Waals surface area contributed by atoms with Crippen molar-refractivity contribution in [2.75, 3.05) is 22.9 Å². The topological polar surface area (TPSA) is 117 Å². The van der Waals surface area contributed by atoms with Gasteiger partial charge in [-0.15, -0.1) is 0 Å². The fourth-order valence-electron chi connectivity index (χ4n) is 3.26. The number of nitrogens with one attached hydrogen (secondary N) is 1. The van der Waals surface area contributed by atoms with E-state index in [0.29, 0.717) is 30.4 Å². The average Bonchev–Trinajstić information content (AvgIpc) is 3.17. The molecule has 0 atom stereocenters. The molecule has 0 aliphatic heterocycles. The van der Waals surface area contributed by atoms with Crippen LogP contribution in [-0.2, 0) is 23.0 Å². The van der Waals surface area contributed by atoms with E-state index in [9.17, 15) is 8.42 Å². The van der Waals surface area contributed by atoms with E-state index in [1.54, 1.807) is 18.5 Å². The van der Waals surface area contributed by atoms with Crippen LogP contribution >= 0.6 is 0 Å². The van der Waals surface area contributed by atoms with Gasteiger partial charge in [0.15, 0.2) is 0 Å². The predicted octanol–water partition coefficient (Wildman–Crippen LogP) is 3.08. The van der Waals surface area contributed by atoms with Gasteiger partial charge in [0, 0.05) is 42.3 Å². The first kappa shape index (κ1) is 21.3. The summed E-state index contributed by atoms with van der Waals surface area (Å²) in [5.74, 6) is 0.812. The third-order valence-corrected chi connectivity index (χ3v) is 6.17. The summed E-state index contributed by atoms with van der Waals surface area (Å²) in [4.78, 5) is 13.3. The van der Waals surface area contributed by atoms with Gasteiger partial charge in [0.25, 0.3) is 0 Å². The average molecular weight is 448 g/mol. The summed E-state index contributed by atoms with van der Waals surface area (Å²) in [5.41, 5.74) is 3.21. The van der Waals surface area contributed by atoms with E-state index in [2.05, 4.69) is 26.3 Å². The lowest BCUT2D eigenvalue weighted by Gasteiger charge is -2.19. The molecule has 10 heteroatoms. The zero-order valence-electron chi connectivity index (χ0n) is 17.6. The van der Waals surface area contributed by atoms with Gasteiger partial charge >= 0.3 is 0 Å². The molecule has 3 heterocycles. The molecule has 0 saturated heterocycles. The molecular formula is C22H21N7O2S. The molecule has 0 radical (unpaired) electrons. The molecule has 0 aliphatic carbocycles. The summed E-state index contributed by atoms with van der Waals surface area (Å²) in [6.07, 6.45) is 6.70. The second-order valence-corrected chi connectivity index (χ2v) is 9.30. The number of rotatable bonds is 7. The minimum Gasteiger partial charge on any atom is -0.328 e. The van der Waals surface area contributed by atoms with Crippen molar-refractivity contribution < 1.29 is 8.42 Å². The van der Waals surface area contributed by atoms with Crippen molar-refractivity contribution in [2.24, 2.45) is 0 Å². The van der Waals surface area contributed by atoms with Crippen LogP contribution in [0.3, 0.4) is 0 Å². The SMILES string of the molecule is CN(c1ncccc1Cn1ccc2cnc(Nc3ccc(CC#N)cc3)nc21)S(C)(=O)=O. The number of hydrogen-bond acceptors (Lipinski definition) is 7. The highest BCUT2D eigenvalue weighted by molar-refractivity contribution is 7.92. The van der Waals surface area contributed by atoms with E-state index in [1.165, 1.54) is 11.4 Å². The molecule has 4 aromatic rings. The number of pyridine rings is 1. The fourth-order valence-corrected chi connectivity index (χ4v) is 3.74. The summed E-state index contributed by atoms with van der Waals surface area (Å²) in [7, 11) is -1.95. The van der Waals surface area contributed by atoms with Gasteiger partial charge in [0.05, 0.1) is 25.3 Å². The minimum atomic E-state index is -3.44. The predicted molar refractivity (Wildman–Crippen MR) is 123 cm³/mol. The van der Waals surface area contributed by atoms with Crippen molar-refractivity contribution in [1.82, 2.24) is 19.5 Å². The molecule has 0 bridgehead atoms. The van der Waals surface area contributed by atoms with E-state index in [1.807, 2.05) is 47.2 Å². The third kappa shape index (κ3) is 4.53. The molecule has 4 rings (SSSR count). The Balaban J connectivity index is 1.62. The Bertz CT molecular complexity index is 1410. The first-order chi connectivity index (χ1) is 15.3. The van der Waals surface area contributed by atoms with Gasteiger partial charge in [0.2, 0.25) is 16.0 Å². The van der Waals surface area contributed by atoms with Crippen molar-refractivity contribution >= 4 is 38.5 Å². The smallest absolute Gasteiger partial charge is 0.233 e. The van der Waals surface area contributed by atoms with Crippen LogP contribution in [0.2, 0.25) is 0 Å². The van der Waals surface area contributed by atoms with Crippen molar-refractivity contribution in [3.63, 3.8) is 0 Å². The van der Waals surface area contributed by atoms with Crippen LogP contribution in [0.15, 0.2) is 61.1 Å². The largest absolute Gasteiger partial charge is 0.328 e. The molecule has 0 amide bonds. The lowest BCUT2D eigenvalue weighted by Crippen LogP contribution is -2.27. The Kier molecular flexibility index (Phi) is 5.75. The Hall–Kier alpha value is -3.97. The maximum Gasteiger partial charge on any atom is 0.233 e. The summed E-state index contributed by atoms with van der Waals surface area (Å²) in [6, 6.07) is 15.2. The first-order valence-electron chi connectivity index (χ1n) is 9.78. The normalized spacial score (nSPS) is 11.3. The van der Waals surface area contributed by atoms with E-state index in [-0.39, 0.29) is 0 Å². The van der Waals surface area contributed by atoms with Gasteiger partial charge in [-0.05, 0) is 29.8 Å². The molecule has 1 aromatic carbocycles. The van der Waals surface area contributed by atoms with Gasteiger partial charge in [-0.3, -0.25) is 4.31 Å². The maximum atomic E-state index is 12.0. The van der Waals surface area contributed by atoms with Crippen LogP contribution in [0.4, 0.5) is 17.5 Å². The first-order valence-corrected chi connectivity index (χ1v) is 11.6. The summed E-state index contributed by atoms with van der Waals surface area (Å²) in [5, 5.41) is 12.8. The highest BCUT2D eigenvalue weighted by Crippen LogP contribution is 2.23. The quantitative estimate of drug-likeness (QED) is 0.463. The number of sulfonamides is 1. The Labute approximate surface area is 186 Å². The van der Waals surface area contributed by atoms with Crippen LogP contribution in [0.5, 0.6) is 0 Å². The zero-order chi connectivity index (χ0) is 22.7. The van der Waals surface area contributed by atoms with Crippen LogP contribution in [-0.4, -0.2) is 41.2 Å². The molecule has 3 aromatic heterocycles. The van der Waals surface area contributed by atoms with Crippen LogP contribution in [0, 0.1) is 11.3 Å². The lowest BCUT2D eigenvalue weighted by molar-refractivity contribution is 0.599. The van der Waals surface area contributed by atoms with E-state index >= 15 is 0 Å². The Morgan fingerprint density at radius 3 is 2.66 bits per heavy atom. The fraction of sp³-hybridized carbons (Fsp3) is 0.182. The van der Waals surface area contributed by atoms with Crippen LogP contribution in [0.1, 0.15) is 11.1 Å². The second-order valence-electron chi connectivity index (χ2n) is 7.29. The standard InChI is InChI=1S/C22H21N7O2S/c1-28(32(2,30)31)20-18(4-3-12-24-20)15-29-13-10-17-14-25-22(27-21(17)29)26-19-7-5-16(6-8-19)9-11-23/h3-8,10,12-14H,9,15H2,1-2H3,(H,25,26,27). The molecule has 0 saturated carbocycles. The van der Waals surface area contributed by atoms with E-state index in [0.717, 1.165) is 28.5 Å². The van der Waals surface area contributed by atoms with Gasteiger partial charge < -0.3 is 9.88 Å². The minimum absolute atomic E-state index is 0.362. The van der Waals surface area contributed by atoms with Crippen LogP contribution < -0.4 is 9.62 Å². The number of nitrogens with zero attached hydrogens (tertiary/aromatic N) is 6. The Morgan fingerprint density at radius 1 is 1.16 bits per heavy atom. The van der Waals surface area contributed by atoms with E-state index < -0.39 is 10.0 Å². The molecule has 162 valence electrons. The number of nitriles is 1. The molecule has 9 nitrogen and oxygen atoms in total. The van der Waals surface area contributed by atoms with Gasteiger partial charge in [-0.1, -0.05) is 18.2 Å². The summed E-state index contributed by atoms with van der Waals surface area (Å²) >= 11 is 0. The number of anilines is 3. The highest BCUT2D eigenvalue weighted by Gasteiger charge is 2.18. The van der Waals surface area contributed by atoms with Crippen molar-refractivity contribution in [3.8, 4) is 6.07 Å². The molecule has 0 unspecified atom stereocenters. The number of aromatic nitrogens is 4. The number of fused-ring (bicyclic) bond motifs is 1. The van der Waals surface area contributed by atoms with E-state index in [4.69, 9.17) is 5.26 Å².